The van der Waals surface area contributed by atoms with Crippen LogP contribution in [-0.4, -0.2) is 19.6 Å². The van der Waals surface area contributed by atoms with Crippen LogP contribution < -0.4 is 5.32 Å². The molecule has 0 bridgehead atoms. The first-order chi connectivity index (χ1) is 10.0. The summed E-state index contributed by atoms with van der Waals surface area (Å²) in [7, 11) is 1.61. The molecule has 1 aromatic carbocycles. The van der Waals surface area contributed by atoms with Gasteiger partial charge in [-0.3, -0.25) is 4.79 Å². The molecule has 1 aromatic heterocycles. The van der Waals surface area contributed by atoms with E-state index in [4.69, 9.17) is 20.8 Å². The molecule has 0 saturated carbocycles. The van der Waals surface area contributed by atoms with E-state index in [1.54, 1.807) is 32.4 Å². The standard InChI is InChI=1S/C16H18ClNO3/c1-10-9-21-11(2)15(10)16(19)18-8-14(20-3)12-4-6-13(17)7-5-12/h4-7,9,14H,8H2,1-3H3,(H,18,19). The minimum atomic E-state index is -0.223. The molecular weight excluding hydrogens is 290 g/mol. The smallest absolute Gasteiger partial charge is 0.255 e. The topological polar surface area (TPSA) is 51.5 Å². The molecular formula is C16H18ClNO3. The number of furan rings is 1. The zero-order chi connectivity index (χ0) is 15.4. The molecule has 0 radical (unpaired) electrons. The number of methoxy groups -OCH3 is 1. The Bertz CT molecular complexity index is 599. The van der Waals surface area contributed by atoms with E-state index in [-0.39, 0.29) is 12.0 Å². The number of ether oxygens (including phenoxy) is 1. The fourth-order valence-electron chi connectivity index (χ4n) is 2.20. The molecule has 21 heavy (non-hydrogen) atoms. The third kappa shape index (κ3) is 3.65. The number of carbonyl (C=O) groups excluding carboxylic acids is 1. The Morgan fingerprint density at radius 2 is 2.00 bits per heavy atom. The zero-order valence-corrected chi connectivity index (χ0v) is 13.0. The van der Waals surface area contributed by atoms with Crippen LogP contribution in [-0.2, 0) is 4.74 Å². The minimum absolute atomic E-state index is 0.158. The average Bonchev–Trinajstić information content (AvgIpc) is 2.80. The van der Waals surface area contributed by atoms with Crippen molar-refractivity contribution in [1.29, 1.82) is 0 Å². The fourth-order valence-corrected chi connectivity index (χ4v) is 2.33. The van der Waals surface area contributed by atoms with Crippen molar-refractivity contribution in [3.63, 3.8) is 0 Å². The summed E-state index contributed by atoms with van der Waals surface area (Å²) >= 11 is 5.87. The van der Waals surface area contributed by atoms with Gasteiger partial charge in [0.1, 0.15) is 5.76 Å². The summed E-state index contributed by atoms with van der Waals surface area (Å²) in [6.07, 6.45) is 1.36. The zero-order valence-electron chi connectivity index (χ0n) is 12.3. The number of hydrogen-bond acceptors (Lipinski definition) is 3. The highest BCUT2D eigenvalue weighted by atomic mass is 35.5. The van der Waals surface area contributed by atoms with E-state index in [0.717, 1.165) is 11.1 Å². The van der Waals surface area contributed by atoms with Gasteiger partial charge in [0.25, 0.3) is 5.91 Å². The molecule has 1 atom stereocenters. The number of aryl methyl sites for hydroxylation is 2. The Hall–Kier alpha value is -1.78. The Labute approximate surface area is 129 Å². The van der Waals surface area contributed by atoms with Gasteiger partial charge < -0.3 is 14.5 Å². The number of hydrogen-bond donors (Lipinski definition) is 1. The monoisotopic (exact) mass is 307 g/mol. The number of benzene rings is 1. The third-order valence-corrected chi connectivity index (χ3v) is 3.61. The van der Waals surface area contributed by atoms with E-state index >= 15 is 0 Å². The number of rotatable bonds is 5. The molecule has 1 N–H and O–H groups in total. The van der Waals surface area contributed by atoms with Crippen LogP contribution in [0.4, 0.5) is 0 Å². The summed E-state index contributed by atoms with van der Waals surface area (Å²) in [6, 6.07) is 7.37. The second-order valence-electron chi connectivity index (χ2n) is 4.84. The lowest BCUT2D eigenvalue weighted by Crippen LogP contribution is -2.29. The summed E-state index contributed by atoms with van der Waals surface area (Å²) in [5.41, 5.74) is 2.37. The summed E-state index contributed by atoms with van der Waals surface area (Å²) < 4.78 is 10.7. The molecule has 1 heterocycles. The van der Waals surface area contributed by atoms with E-state index in [2.05, 4.69) is 5.32 Å². The van der Waals surface area contributed by atoms with Gasteiger partial charge in [-0.25, -0.2) is 0 Å². The van der Waals surface area contributed by atoms with Crippen molar-refractivity contribution in [3.8, 4) is 0 Å². The average molecular weight is 308 g/mol. The first-order valence-corrected chi connectivity index (χ1v) is 7.02. The molecule has 0 aliphatic rings. The first kappa shape index (κ1) is 15.6. The van der Waals surface area contributed by atoms with Crippen LogP contribution in [0, 0.1) is 13.8 Å². The number of halogens is 1. The Kier molecular flexibility index (Phi) is 5.04. The van der Waals surface area contributed by atoms with Crippen LogP contribution in [0.1, 0.15) is 33.3 Å². The predicted molar refractivity (Wildman–Crippen MR) is 81.7 cm³/mol. The van der Waals surface area contributed by atoms with Crippen LogP contribution in [0.25, 0.3) is 0 Å². The van der Waals surface area contributed by atoms with Crippen molar-refractivity contribution in [2.24, 2.45) is 0 Å². The van der Waals surface area contributed by atoms with Crippen molar-refractivity contribution in [3.05, 3.63) is 58.0 Å². The number of carbonyl (C=O) groups is 1. The van der Waals surface area contributed by atoms with Crippen LogP contribution >= 0.6 is 11.6 Å². The second kappa shape index (κ2) is 6.78. The van der Waals surface area contributed by atoms with Crippen molar-refractivity contribution in [2.45, 2.75) is 20.0 Å². The highest BCUT2D eigenvalue weighted by Gasteiger charge is 2.17. The van der Waals surface area contributed by atoms with Gasteiger partial charge in [0.2, 0.25) is 0 Å². The van der Waals surface area contributed by atoms with Crippen molar-refractivity contribution < 1.29 is 13.9 Å². The summed E-state index contributed by atoms with van der Waals surface area (Å²) in [5, 5.41) is 3.54. The Morgan fingerprint density at radius 3 is 2.52 bits per heavy atom. The molecule has 0 aliphatic carbocycles. The van der Waals surface area contributed by atoms with Crippen molar-refractivity contribution in [2.75, 3.05) is 13.7 Å². The van der Waals surface area contributed by atoms with Gasteiger partial charge in [0.05, 0.1) is 17.9 Å². The van der Waals surface area contributed by atoms with Gasteiger partial charge in [0, 0.05) is 24.2 Å². The maximum atomic E-state index is 12.2. The van der Waals surface area contributed by atoms with Crippen LogP contribution in [0.3, 0.4) is 0 Å². The molecule has 0 fully saturated rings. The molecule has 4 nitrogen and oxygen atoms in total. The molecule has 0 aliphatic heterocycles. The van der Waals surface area contributed by atoms with Crippen molar-refractivity contribution in [1.82, 2.24) is 5.32 Å². The molecule has 2 rings (SSSR count). The molecule has 1 amide bonds. The highest BCUT2D eigenvalue weighted by Crippen LogP contribution is 2.19. The normalized spacial score (nSPS) is 12.2. The molecule has 2 aromatic rings. The van der Waals surface area contributed by atoms with Crippen LogP contribution in [0.15, 0.2) is 34.9 Å². The quantitative estimate of drug-likeness (QED) is 0.917. The summed E-state index contributed by atoms with van der Waals surface area (Å²) in [6.45, 7) is 3.99. The lowest BCUT2D eigenvalue weighted by molar-refractivity contribution is 0.0826. The van der Waals surface area contributed by atoms with Gasteiger partial charge in [-0.2, -0.15) is 0 Å². The van der Waals surface area contributed by atoms with Crippen LogP contribution in [0.5, 0.6) is 0 Å². The highest BCUT2D eigenvalue weighted by molar-refractivity contribution is 6.30. The van der Waals surface area contributed by atoms with Gasteiger partial charge in [-0.05, 0) is 31.5 Å². The SMILES string of the molecule is COC(CNC(=O)c1c(C)coc1C)c1ccc(Cl)cc1. The van der Waals surface area contributed by atoms with Gasteiger partial charge in [-0.15, -0.1) is 0 Å². The summed E-state index contributed by atoms with van der Waals surface area (Å²) in [5.74, 6) is 0.459. The lowest BCUT2D eigenvalue weighted by atomic mass is 10.1. The largest absolute Gasteiger partial charge is 0.469 e. The van der Waals surface area contributed by atoms with Gasteiger partial charge in [0.15, 0.2) is 0 Å². The first-order valence-electron chi connectivity index (χ1n) is 6.64. The number of amides is 1. The summed E-state index contributed by atoms with van der Waals surface area (Å²) in [4.78, 5) is 12.2. The van der Waals surface area contributed by atoms with Crippen molar-refractivity contribution >= 4 is 17.5 Å². The number of nitrogens with one attached hydrogen (secondary N) is 1. The van der Waals surface area contributed by atoms with E-state index in [1.165, 1.54) is 0 Å². The maximum absolute atomic E-state index is 12.2. The second-order valence-corrected chi connectivity index (χ2v) is 5.27. The Morgan fingerprint density at radius 1 is 1.33 bits per heavy atom. The molecule has 112 valence electrons. The van der Waals surface area contributed by atoms with Crippen LogP contribution in [0.2, 0.25) is 5.02 Å². The lowest BCUT2D eigenvalue weighted by Gasteiger charge is -2.16. The fraction of sp³-hybridized carbons (Fsp3) is 0.312. The van der Waals surface area contributed by atoms with E-state index in [0.29, 0.717) is 22.9 Å². The maximum Gasteiger partial charge on any atom is 0.255 e. The molecule has 1 unspecified atom stereocenters. The van der Waals surface area contributed by atoms with Gasteiger partial charge >= 0.3 is 0 Å². The van der Waals surface area contributed by atoms with E-state index in [9.17, 15) is 4.79 Å². The molecule has 0 spiro atoms. The molecule has 5 heteroatoms. The Balaban J connectivity index is 2.03. The predicted octanol–water partition coefficient (Wildman–Crippen LogP) is 3.67. The van der Waals surface area contributed by atoms with E-state index in [1.807, 2.05) is 19.1 Å². The third-order valence-electron chi connectivity index (χ3n) is 3.36. The van der Waals surface area contributed by atoms with E-state index < -0.39 is 0 Å². The minimum Gasteiger partial charge on any atom is -0.469 e. The molecule has 0 saturated heterocycles. The van der Waals surface area contributed by atoms with Gasteiger partial charge in [-0.1, -0.05) is 23.7 Å².